The molecule has 2 N–H and O–H groups in total. The molecule has 22 heavy (non-hydrogen) atoms. The highest BCUT2D eigenvalue weighted by molar-refractivity contribution is 5.29. The van der Waals surface area contributed by atoms with Gasteiger partial charge in [0, 0.05) is 30.4 Å². The van der Waals surface area contributed by atoms with E-state index in [1.807, 2.05) is 42.8 Å². The summed E-state index contributed by atoms with van der Waals surface area (Å²) in [6.07, 6.45) is -0.495. The van der Waals surface area contributed by atoms with Gasteiger partial charge in [-0.1, -0.05) is 24.3 Å². The van der Waals surface area contributed by atoms with E-state index in [0.29, 0.717) is 6.54 Å². The van der Waals surface area contributed by atoms with Crippen LogP contribution in [0.1, 0.15) is 54.1 Å². The Bertz CT molecular complexity index is 633. The zero-order chi connectivity index (χ0) is 16.3. The van der Waals surface area contributed by atoms with Crippen LogP contribution in [0.15, 0.2) is 24.3 Å². The van der Waals surface area contributed by atoms with Gasteiger partial charge in [0.25, 0.3) is 0 Å². The fraction of sp³-hybridized carbons (Fsp3) is 0.500. The number of nitrogens with zero attached hydrogens (tertiary/aromatic N) is 2. The molecule has 0 aliphatic rings. The zero-order valence-electron chi connectivity index (χ0n) is 14.2. The molecule has 0 saturated heterocycles. The molecule has 0 amide bonds. The Morgan fingerprint density at radius 2 is 1.91 bits per heavy atom. The van der Waals surface area contributed by atoms with E-state index in [2.05, 4.69) is 31.2 Å². The van der Waals surface area contributed by atoms with Gasteiger partial charge in [0.05, 0.1) is 11.8 Å². The topological polar surface area (TPSA) is 50.1 Å². The van der Waals surface area contributed by atoms with Crippen LogP contribution >= 0.6 is 0 Å². The van der Waals surface area contributed by atoms with E-state index in [-0.39, 0.29) is 6.04 Å². The van der Waals surface area contributed by atoms with Crippen molar-refractivity contribution in [3.8, 4) is 0 Å². The monoisotopic (exact) mass is 301 g/mol. The molecule has 1 aromatic heterocycles. The lowest BCUT2D eigenvalue weighted by Crippen LogP contribution is -2.25. The second kappa shape index (κ2) is 7.07. The van der Waals surface area contributed by atoms with Crippen molar-refractivity contribution in [3.05, 3.63) is 52.3 Å². The van der Waals surface area contributed by atoms with Crippen molar-refractivity contribution in [2.24, 2.45) is 0 Å². The maximum atomic E-state index is 10.4. The Hall–Kier alpha value is -1.65. The van der Waals surface area contributed by atoms with Gasteiger partial charge < -0.3 is 10.4 Å². The Morgan fingerprint density at radius 1 is 1.23 bits per heavy atom. The minimum atomic E-state index is -0.495. The summed E-state index contributed by atoms with van der Waals surface area (Å²) in [5.74, 6) is 0. The molecule has 0 fully saturated rings. The third-order valence-corrected chi connectivity index (χ3v) is 4.33. The van der Waals surface area contributed by atoms with Crippen molar-refractivity contribution >= 4 is 0 Å². The van der Waals surface area contributed by atoms with Crippen LogP contribution < -0.4 is 5.32 Å². The number of rotatable bonds is 6. The highest BCUT2D eigenvalue weighted by Gasteiger charge is 2.18. The van der Waals surface area contributed by atoms with Gasteiger partial charge in [-0.2, -0.15) is 5.10 Å². The summed E-state index contributed by atoms with van der Waals surface area (Å²) in [6, 6.07) is 8.14. The molecule has 0 bridgehead atoms. The molecule has 0 radical (unpaired) electrons. The molecule has 0 aliphatic heterocycles. The fourth-order valence-electron chi connectivity index (χ4n) is 3.11. The average Bonchev–Trinajstić information content (AvgIpc) is 2.79. The van der Waals surface area contributed by atoms with Crippen LogP contribution in [-0.4, -0.2) is 21.4 Å². The molecule has 0 spiro atoms. The van der Waals surface area contributed by atoms with E-state index in [9.17, 15) is 5.11 Å². The molecule has 120 valence electrons. The number of hydrogen-bond acceptors (Lipinski definition) is 3. The maximum Gasteiger partial charge on any atom is 0.0917 e. The van der Waals surface area contributed by atoms with E-state index >= 15 is 0 Å². The minimum absolute atomic E-state index is 0.166. The van der Waals surface area contributed by atoms with Gasteiger partial charge in [0.1, 0.15) is 0 Å². The maximum absolute atomic E-state index is 10.4. The highest BCUT2D eigenvalue weighted by atomic mass is 16.3. The molecule has 2 unspecified atom stereocenters. The van der Waals surface area contributed by atoms with Crippen LogP contribution in [0.3, 0.4) is 0 Å². The summed E-state index contributed by atoms with van der Waals surface area (Å²) in [6.45, 7) is 11.8. The smallest absolute Gasteiger partial charge is 0.0917 e. The quantitative estimate of drug-likeness (QED) is 0.861. The molecule has 0 saturated carbocycles. The van der Waals surface area contributed by atoms with E-state index in [1.165, 1.54) is 11.3 Å². The number of hydrogen-bond donors (Lipinski definition) is 2. The first-order valence-electron chi connectivity index (χ1n) is 7.96. The third kappa shape index (κ3) is 3.39. The van der Waals surface area contributed by atoms with Crippen molar-refractivity contribution < 1.29 is 5.11 Å². The number of aryl methyl sites for hydroxylation is 3. The number of aromatic nitrogens is 2. The van der Waals surface area contributed by atoms with Crippen molar-refractivity contribution in [1.82, 2.24) is 15.1 Å². The normalized spacial score (nSPS) is 14.1. The van der Waals surface area contributed by atoms with Crippen molar-refractivity contribution in [1.29, 1.82) is 0 Å². The summed E-state index contributed by atoms with van der Waals surface area (Å²) in [4.78, 5) is 0. The van der Waals surface area contributed by atoms with Gasteiger partial charge in [-0.05, 0) is 45.7 Å². The number of aliphatic hydroxyl groups excluding tert-OH is 1. The molecule has 1 aromatic carbocycles. The molecule has 2 aromatic rings. The van der Waals surface area contributed by atoms with Crippen LogP contribution in [0.5, 0.6) is 0 Å². The molecule has 1 heterocycles. The van der Waals surface area contributed by atoms with E-state index in [0.717, 1.165) is 23.4 Å². The van der Waals surface area contributed by atoms with Gasteiger partial charge in [0.2, 0.25) is 0 Å². The first-order chi connectivity index (χ1) is 10.5. The van der Waals surface area contributed by atoms with Crippen LogP contribution in [0.4, 0.5) is 0 Å². The van der Waals surface area contributed by atoms with Crippen LogP contribution in [0.2, 0.25) is 0 Å². The first-order valence-corrected chi connectivity index (χ1v) is 7.96. The molecule has 0 aliphatic carbocycles. The van der Waals surface area contributed by atoms with Crippen molar-refractivity contribution in [2.75, 3.05) is 6.54 Å². The predicted molar refractivity (Wildman–Crippen MR) is 89.9 cm³/mol. The molecule has 4 heteroatoms. The van der Waals surface area contributed by atoms with E-state index in [4.69, 9.17) is 0 Å². The Kier molecular flexibility index (Phi) is 5.37. The van der Waals surface area contributed by atoms with E-state index < -0.39 is 6.10 Å². The average molecular weight is 301 g/mol. The number of benzene rings is 1. The van der Waals surface area contributed by atoms with Crippen molar-refractivity contribution in [2.45, 2.75) is 53.3 Å². The molecule has 2 rings (SSSR count). The Labute approximate surface area is 133 Å². The minimum Gasteiger partial charge on any atom is -0.387 e. The number of nitrogens with one attached hydrogen (secondary N) is 1. The highest BCUT2D eigenvalue weighted by Crippen LogP contribution is 2.23. The van der Waals surface area contributed by atoms with E-state index in [1.54, 1.807) is 0 Å². The molecular weight excluding hydrogens is 274 g/mol. The predicted octanol–water partition coefficient (Wildman–Crippen LogP) is 3.21. The molecular formula is C18H27N3O. The Morgan fingerprint density at radius 3 is 2.50 bits per heavy atom. The SMILES string of the molecule is CCn1nc(C)c(C(C)NCC(O)c2ccccc2C)c1C. The second-order valence-corrected chi connectivity index (χ2v) is 5.90. The first kappa shape index (κ1) is 16.7. The number of aliphatic hydroxyl groups is 1. The van der Waals surface area contributed by atoms with Gasteiger partial charge in [-0.15, -0.1) is 0 Å². The fourth-order valence-corrected chi connectivity index (χ4v) is 3.11. The molecule has 2 atom stereocenters. The van der Waals surface area contributed by atoms with Gasteiger partial charge in [-0.25, -0.2) is 0 Å². The van der Waals surface area contributed by atoms with Crippen LogP contribution in [0.25, 0.3) is 0 Å². The van der Waals surface area contributed by atoms with Crippen LogP contribution in [0, 0.1) is 20.8 Å². The zero-order valence-corrected chi connectivity index (χ0v) is 14.2. The lowest BCUT2D eigenvalue weighted by molar-refractivity contribution is 0.170. The Balaban J connectivity index is 2.06. The summed E-state index contributed by atoms with van der Waals surface area (Å²) >= 11 is 0. The summed E-state index contributed by atoms with van der Waals surface area (Å²) in [5.41, 5.74) is 5.60. The largest absolute Gasteiger partial charge is 0.387 e. The third-order valence-electron chi connectivity index (χ3n) is 4.33. The van der Waals surface area contributed by atoms with Crippen molar-refractivity contribution in [3.63, 3.8) is 0 Å². The van der Waals surface area contributed by atoms with Gasteiger partial charge in [-0.3, -0.25) is 4.68 Å². The summed E-state index contributed by atoms with van der Waals surface area (Å²) in [7, 11) is 0. The standard InChI is InChI=1S/C18H27N3O/c1-6-21-15(5)18(14(4)20-21)13(3)19-11-17(22)16-10-8-7-9-12(16)2/h7-10,13,17,19,22H,6,11H2,1-5H3. The van der Waals surface area contributed by atoms with Crippen LogP contribution in [-0.2, 0) is 6.54 Å². The van der Waals surface area contributed by atoms with Gasteiger partial charge in [0.15, 0.2) is 0 Å². The molecule has 4 nitrogen and oxygen atoms in total. The lowest BCUT2D eigenvalue weighted by atomic mass is 10.0. The summed E-state index contributed by atoms with van der Waals surface area (Å²) in [5, 5.41) is 18.4. The lowest BCUT2D eigenvalue weighted by Gasteiger charge is -2.19. The summed E-state index contributed by atoms with van der Waals surface area (Å²) < 4.78 is 2.03. The second-order valence-electron chi connectivity index (χ2n) is 5.90. The van der Waals surface area contributed by atoms with Gasteiger partial charge >= 0.3 is 0 Å².